The van der Waals surface area contributed by atoms with E-state index in [0.717, 1.165) is 35.5 Å². The molecule has 2 aromatic heterocycles. The first-order valence-corrected chi connectivity index (χ1v) is 11.1. The van der Waals surface area contributed by atoms with Crippen molar-refractivity contribution in [2.24, 2.45) is 7.05 Å². The van der Waals surface area contributed by atoms with Crippen LogP contribution >= 0.6 is 0 Å². The van der Waals surface area contributed by atoms with Crippen LogP contribution in [-0.4, -0.2) is 34.2 Å². The van der Waals surface area contributed by atoms with Gasteiger partial charge < -0.3 is 23.9 Å². The van der Waals surface area contributed by atoms with E-state index in [9.17, 15) is 10.1 Å². The number of aryl methyl sites for hydroxylation is 2. The highest BCUT2D eigenvalue weighted by atomic mass is 16.5. The minimum atomic E-state index is -0.624. The molecule has 0 aliphatic rings. The first-order chi connectivity index (χ1) is 16.3. The van der Waals surface area contributed by atoms with E-state index < -0.39 is 11.9 Å². The molecule has 178 valence electrons. The van der Waals surface area contributed by atoms with Crippen LogP contribution in [0.3, 0.4) is 0 Å². The van der Waals surface area contributed by atoms with Crippen LogP contribution in [0.1, 0.15) is 47.7 Å². The molecule has 1 unspecified atom stereocenters. The average Bonchev–Trinajstić information content (AvgIpc) is 3.38. The number of hydrogen-bond donors (Lipinski definition) is 1. The van der Waals surface area contributed by atoms with Crippen molar-refractivity contribution in [3.63, 3.8) is 0 Å². The second-order valence-corrected chi connectivity index (χ2v) is 8.10. The standard InChI is InChI=1S/C26H31N5O3/c1-7-9-31-17(2)11-19(18(31)3)12-21(16-27)26(32)29-24(25-28-8-10-30(25)4)20-13-22(33-5)15-23(14-20)34-6/h8,10-15,24H,7,9H2,1-6H3,(H,29,32)/b21-12-. The van der Waals surface area contributed by atoms with Gasteiger partial charge in [0.2, 0.25) is 0 Å². The summed E-state index contributed by atoms with van der Waals surface area (Å²) in [5.41, 5.74) is 3.72. The minimum Gasteiger partial charge on any atom is -0.497 e. The van der Waals surface area contributed by atoms with Gasteiger partial charge in [0.05, 0.1) is 14.2 Å². The number of ether oxygens (including phenoxy) is 2. The largest absolute Gasteiger partial charge is 0.497 e. The Hall–Kier alpha value is -3.99. The van der Waals surface area contributed by atoms with Gasteiger partial charge in [-0.15, -0.1) is 0 Å². The summed E-state index contributed by atoms with van der Waals surface area (Å²) in [6.45, 7) is 7.03. The maximum atomic E-state index is 13.3. The summed E-state index contributed by atoms with van der Waals surface area (Å²) < 4.78 is 14.8. The molecule has 0 aliphatic carbocycles. The highest BCUT2D eigenvalue weighted by Gasteiger charge is 2.24. The van der Waals surface area contributed by atoms with Crippen molar-refractivity contribution >= 4 is 12.0 Å². The van der Waals surface area contributed by atoms with Gasteiger partial charge in [-0.25, -0.2) is 4.98 Å². The maximum Gasteiger partial charge on any atom is 0.262 e. The number of nitriles is 1. The number of amides is 1. The molecule has 8 nitrogen and oxygen atoms in total. The molecule has 0 spiro atoms. The fourth-order valence-corrected chi connectivity index (χ4v) is 4.00. The molecular weight excluding hydrogens is 430 g/mol. The Morgan fingerprint density at radius 3 is 2.41 bits per heavy atom. The van der Waals surface area contributed by atoms with E-state index >= 15 is 0 Å². The van der Waals surface area contributed by atoms with Crippen LogP contribution in [0.5, 0.6) is 11.5 Å². The van der Waals surface area contributed by atoms with Gasteiger partial charge in [0, 0.05) is 43.4 Å². The quantitative estimate of drug-likeness (QED) is 0.383. The lowest BCUT2D eigenvalue weighted by molar-refractivity contribution is -0.117. The van der Waals surface area contributed by atoms with Crippen molar-refractivity contribution in [1.29, 1.82) is 5.26 Å². The molecule has 1 atom stereocenters. The molecule has 3 rings (SSSR count). The van der Waals surface area contributed by atoms with Crippen LogP contribution in [0.15, 0.2) is 42.2 Å². The van der Waals surface area contributed by atoms with Crippen molar-refractivity contribution in [3.05, 3.63) is 70.6 Å². The normalized spacial score (nSPS) is 12.2. The number of benzene rings is 1. The van der Waals surface area contributed by atoms with E-state index in [-0.39, 0.29) is 5.57 Å². The van der Waals surface area contributed by atoms with Gasteiger partial charge in [0.1, 0.15) is 35.0 Å². The number of methoxy groups -OCH3 is 2. The third-order valence-corrected chi connectivity index (χ3v) is 5.82. The lowest BCUT2D eigenvalue weighted by atomic mass is 10.0. The smallest absolute Gasteiger partial charge is 0.262 e. The van der Waals surface area contributed by atoms with Crippen LogP contribution in [0.2, 0.25) is 0 Å². The zero-order valence-corrected chi connectivity index (χ0v) is 20.5. The summed E-state index contributed by atoms with van der Waals surface area (Å²) in [5.74, 6) is 1.30. The Morgan fingerprint density at radius 1 is 1.21 bits per heavy atom. The molecule has 0 fully saturated rings. The molecule has 0 bridgehead atoms. The van der Waals surface area contributed by atoms with E-state index in [4.69, 9.17) is 9.47 Å². The number of nitrogens with one attached hydrogen (secondary N) is 1. The van der Waals surface area contributed by atoms with Gasteiger partial charge >= 0.3 is 0 Å². The molecule has 8 heteroatoms. The van der Waals surface area contributed by atoms with Crippen molar-refractivity contribution in [3.8, 4) is 17.6 Å². The number of hydrogen-bond acceptors (Lipinski definition) is 5. The Labute approximate surface area is 200 Å². The predicted molar refractivity (Wildman–Crippen MR) is 131 cm³/mol. The number of carbonyl (C=O) groups excluding carboxylic acids is 1. The fraction of sp³-hybridized carbons (Fsp3) is 0.346. The monoisotopic (exact) mass is 461 g/mol. The molecule has 0 radical (unpaired) electrons. The molecule has 0 saturated heterocycles. The minimum absolute atomic E-state index is 0.0193. The number of nitrogens with zero attached hydrogens (tertiary/aromatic N) is 4. The maximum absolute atomic E-state index is 13.3. The van der Waals surface area contributed by atoms with Crippen LogP contribution in [0.4, 0.5) is 0 Å². The van der Waals surface area contributed by atoms with Crippen LogP contribution in [0.25, 0.3) is 6.08 Å². The Morgan fingerprint density at radius 2 is 1.88 bits per heavy atom. The highest BCUT2D eigenvalue weighted by molar-refractivity contribution is 6.02. The van der Waals surface area contributed by atoms with E-state index in [1.54, 1.807) is 38.8 Å². The Balaban J connectivity index is 2.01. The summed E-state index contributed by atoms with van der Waals surface area (Å²) >= 11 is 0. The van der Waals surface area contributed by atoms with E-state index in [2.05, 4.69) is 27.9 Å². The number of imidazole rings is 1. The van der Waals surface area contributed by atoms with Gasteiger partial charge in [-0.2, -0.15) is 5.26 Å². The SMILES string of the molecule is CCCn1c(C)cc(/C=C(/C#N)C(=O)NC(c2cc(OC)cc(OC)c2)c2nccn2C)c1C. The van der Waals surface area contributed by atoms with Crippen molar-refractivity contribution < 1.29 is 14.3 Å². The average molecular weight is 462 g/mol. The molecule has 1 aromatic carbocycles. The molecular formula is C26H31N5O3. The van der Waals surface area contributed by atoms with Gasteiger partial charge in [0.15, 0.2) is 0 Å². The van der Waals surface area contributed by atoms with Crippen molar-refractivity contribution in [2.75, 3.05) is 14.2 Å². The second-order valence-electron chi connectivity index (χ2n) is 8.10. The van der Waals surface area contributed by atoms with E-state index in [1.165, 1.54) is 0 Å². The molecule has 34 heavy (non-hydrogen) atoms. The van der Waals surface area contributed by atoms with Gasteiger partial charge in [0.25, 0.3) is 5.91 Å². The second kappa shape index (κ2) is 10.8. The first kappa shape index (κ1) is 24.6. The summed E-state index contributed by atoms with van der Waals surface area (Å²) in [7, 11) is 4.99. The number of carbonyl (C=O) groups is 1. The van der Waals surface area contributed by atoms with Crippen molar-refractivity contribution in [2.45, 2.75) is 39.8 Å². The molecule has 2 heterocycles. The van der Waals surface area contributed by atoms with Crippen LogP contribution in [-0.2, 0) is 18.4 Å². The third kappa shape index (κ3) is 5.15. The highest BCUT2D eigenvalue weighted by Crippen LogP contribution is 2.30. The van der Waals surface area contributed by atoms with E-state index in [1.807, 2.05) is 43.7 Å². The summed E-state index contributed by atoms with van der Waals surface area (Å²) in [6, 6.07) is 8.83. The molecule has 1 amide bonds. The summed E-state index contributed by atoms with van der Waals surface area (Å²) in [4.78, 5) is 17.7. The Kier molecular flexibility index (Phi) is 7.79. The van der Waals surface area contributed by atoms with Crippen LogP contribution < -0.4 is 14.8 Å². The molecule has 3 aromatic rings. The number of rotatable bonds is 9. The predicted octanol–water partition coefficient (Wildman–Crippen LogP) is 4.08. The lowest BCUT2D eigenvalue weighted by Gasteiger charge is -2.20. The van der Waals surface area contributed by atoms with Gasteiger partial charge in [-0.05, 0) is 55.7 Å². The van der Waals surface area contributed by atoms with E-state index in [0.29, 0.717) is 17.3 Å². The fourth-order valence-electron chi connectivity index (χ4n) is 4.00. The molecule has 1 N–H and O–H groups in total. The summed E-state index contributed by atoms with van der Waals surface area (Å²) in [5, 5.41) is 12.8. The third-order valence-electron chi connectivity index (χ3n) is 5.82. The van der Waals surface area contributed by atoms with Crippen molar-refractivity contribution in [1.82, 2.24) is 19.4 Å². The van der Waals surface area contributed by atoms with Gasteiger partial charge in [-0.1, -0.05) is 6.92 Å². The van der Waals surface area contributed by atoms with Crippen LogP contribution in [0, 0.1) is 25.2 Å². The zero-order valence-electron chi connectivity index (χ0n) is 20.5. The lowest BCUT2D eigenvalue weighted by Crippen LogP contribution is -2.32. The first-order valence-electron chi connectivity index (χ1n) is 11.1. The van der Waals surface area contributed by atoms with Gasteiger partial charge in [-0.3, -0.25) is 4.79 Å². The molecule has 0 aliphatic heterocycles. The Bertz CT molecular complexity index is 1220. The number of aromatic nitrogens is 3. The zero-order chi connectivity index (χ0) is 24.8. The summed E-state index contributed by atoms with van der Waals surface area (Å²) in [6.07, 6.45) is 6.11. The molecule has 0 saturated carbocycles. The topological polar surface area (TPSA) is 94.1 Å².